The fraction of sp³-hybridized carbons (Fsp3) is 0. The second kappa shape index (κ2) is 10.2. The lowest BCUT2D eigenvalue weighted by Gasteiger charge is -2.13. The molecule has 45 heavy (non-hydrogen) atoms. The Morgan fingerprint density at radius 3 is 1.78 bits per heavy atom. The smallest absolute Gasteiger partial charge is 0.164 e. The maximum absolute atomic E-state index is 6.24. The maximum atomic E-state index is 6.24. The van der Waals surface area contributed by atoms with Gasteiger partial charge in [0.1, 0.15) is 11.2 Å². The average Bonchev–Trinajstić information content (AvgIpc) is 3.50. The van der Waals surface area contributed by atoms with Crippen molar-refractivity contribution >= 4 is 43.5 Å². The third kappa shape index (κ3) is 4.27. The van der Waals surface area contributed by atoms with Crippen molar-refractivity contribution in [3.63, 3.8) is 0 Å². The van der Waals surface area contributed by atoms with Gasteiger partial charge in [0.15, 0.2) is 17.5 Å². The average molecular weight is 576 g/mol. The molecule has 0 spiro atoms. The molecule has 0 aliphatic heterocycles. The van der Waals surface area contributed by atoms with Crippen LogP contribution in [-0.2, 0) is 0 Å². The summed E-state index contributed by atoms with van der Waals surface area (Å²) in [6.07, 6.45) is 0. The van der Waals surface area contributed by atoms with Gasteiger partial charge in [0, 0.05) is 27.5 Å². The standard InChI is InChI=1S/C41H25N3O/c1-2-12-27(13-3-1)35-25-29(24-28-15-5-7-18-31(28)35)39-42-40(32-20-10-16-26-14-4-6-17-30(26)32)44-41(43-39)34-21-11-23-37-38(34)33-19-8-9-22-36(33)45-37/h1-25H. The number of hydrogen-bond acceptors (Lipinski definition) is 4. The summed E-state index contributed by atoms with van der Waals surface area (Å²) in [6.45, 7) is 0. The zero-order valence-corrected chi connectivity index (χ0v) is 24.2. The number of benzene rings is 7. The monoisotopic (exact) mass is 575 g/mol. The van der Waals surface area contributed by atoms with E-state index < -0.39 is 0 Å². The zero-order valence-electron chi connectivity index (χ0n) is 24.2. The molecule has 0 N–H and O–H groups in total. The van der Waals surface area contributed by atoms with Gasteiger partial charge in [-0.1, -0.05) is 127 Å². The second-order valence-electron chi connectivity index (χ2n) is 11.2. The van der Waals surface area contributed by atoms with E-state index in [4.69, 9.17) is 19.4 Å². The molecule has 9 aromatic rings. The van der Waals surface area contributed by atoms with Crippen LogP contribution in [-0.4, -0.2) is 15.0 Å². The summed E-state index contributed by atoms with van der Waals surface area (Å²) >= 11 is 0. The van der Waals surface area contributed by atoms with Crippen LogP contribution in [0.5, 0.6) is 0 Å². The van der Waals surface area contributed by atoms with Gasteiger partial charge in [-0.3, -0.25) is 0 Å². The first kappa shape index (κ1) is 25.4. The molecule has 4 heteroatoms. The van der Waals surface area contributed by atoms with Gasteiger partial charge in [-0.05, 0) is 56.9 Å². The van der Waals surface area contributed by atoms with Crippen LogP contribution in [0.3, 0.4) is 0 Å². The third-order valence-corrected chi connectivity index (χ3v) is 8.51. The topological polar surface area (TPSA) is 51.8 Å². The van der Waals surface area contributed by atoms with Crippen LogP contribution >= 0.6 is 0 Å². The molecule has 0 unspecified atom stereocenters. The van der Waals surface area contributed by atoms with Gasteiger partial charge < -0.3 is 4.42 Å². The summed E-state index contributed by atoms with van der Waals surface area (Å²) in [4.78, 5) is 15.5. The molecule has 2 heterocycles. The molecular weight excluding hydrogens is 550 g/mol. The molecule has 2 aromatic heterocycles. The Labute approximate surface area is 259 Å². The Hall–Kier alpha value is -6.13. The molecule has 0 saturated heterocycles. The van der Waals surface area contributed by atoms with Crippen molar-refractivity contribution in [1.29, 1.82) is 0 Å². The van der Waals surface area contributed by atoms with Crippen molar-refractivity contribution in [2.45, 2.75) is 0 Å². The Balaban J connectivity index is 1.35. The molecular formula is C41H25N3O. The highest BCUT2D eigenvalue weighted by Crippen LogP contribution is 2.38. The Kier molecular flexibility index (Phi) is 5.78. The van der Waals surface area contributed by atoms with E-state index >= 15 is 0 Å². The number of nitrogens with zero attached hydrogens (tertiary/aromatic N) is 3. The number of rotatable bonds is 4. The molecule has 0 amide bonds. The molecule has 0 aliphatic rings. The summed E-state index contributed by atoms with van der Waals surface area (Å²) in [6, 6.07) is 52.2. The van der Waals surface area contributed by atoms with E-state index in [2.05, 4.69) is 115 Å². The summed E-state index contributed by atoms with van der Waals surface area (Å²) in [7, 11) is 0. The quantitative estimate of drug-likeness (QED) is 0.209. The molecule has 210 valence electrons. The molecule has 0 bridgehead atoms. The third-order valence-electron chi connectivity index (χ3n) is 8.51. The molecule has 0 saturated carbocycles. The molecule has 0 fully saturated rings. The van der Waals surface area contributed by atoms with Crippen LogP contribution in [0.4, 0.5) is 0 Å². The number of fused-ring (bicyclic) bond motifs is 5. The lowest BCUT2D eigenvalue weighted by atomic mass is 9.95. The van der Waals surface area contributed by atoms with E-state index in [0.29, 0.717) is 17.5 Å². The normalized spacial score (nSPS) is 11.6. The van der Waals surface area contributed by atoms with E-state index in [1.165, 1.54) is 5.39 Å². The minimum absolute atomic E-state index is 0.606. The first-order chi connectivity index (χ1) is 22.3. The minimum Gasteiger partial charge on any atom is -0.456 e. The van der Waals surface area contributed by atoms with Gasteiger partial charge in [0.05, 0.1) is 0 Å². The van der Waals surface area contributed by atoms with E-state index in [0.717, 1.165) is 65.9 Å². The van der Waals surface area contributed by atoms with Gasteiger partial charge in [0.2, 0.25) is 0 Å². The van der Waals surface area contributed by atoms with Crippen LogP contribution in [0.1, 0.15) is 0 Å². The molecule has 0 atom stereocenters. The van der Waals surface area contributed by atoms with E-state index in [1.54, 1.807) is 0 Å². The van der Waals surface area contributed by atoms with Crippen molar-refractivity contribution in [3.05, 3.63) is 152 Å². The number of furan rings is 1. The highest BCUT2D eigenvalue weighted by molar-refractivity contribution is 6.12. The number of aromatic nitrogens is 3. The fourth-order valence-electron chi connectivity index (χ4n) is 6.42. The summed E-state index contributed by atoms with van der Waals surface area (Å²) in [5.74, 6) is 1.86. The Morgan fingerprint density at radius 2 is 0.933 bits per heavy atom. The highest BCUT2D eigenvalue weighted by Gasteiger charge is 2.19. The summed E-state index contributed by atoms with van der Waals surface area (Å²) < 4.78 is 6.24. The largest absolute Gasteiger partial charge is 0.456 e. The van der Waals surface area contributed by atoms with E-state index in [9.17, 15) is 0 Å². The van der Waals surface area contributed by atoms with Crippen LogP contribution in [0.2, 0.25) is 0 Å². The first-order valence-corrected chi connectivity index (χ1v) is 15.0. The Morgan fingerprint density at radius 1 is 0.356 bits per heavy atom. The lowest BCUT2D eigenvalue weighted by molar-refractivity contribution is 0.669. The van der Waals surface area contributed by atoms with Crippen molar-refractivity contribution in [2.24, 2.45) is 0 Å². The summed E-state index contributed by atoms with van der Waals surface area (Å²) in [5.41, 5.74) is 6.74. The van der Waals surface area contributed by atoms with E-state index in [-0.39, 0.29) is 0 Å². The van der Waals surface area contributed by atoms with Gasteiger partial charge >= 0.3 is 0 Å². The Bertz CT molecular complexity index is 2540. The second-order valence-corrected chi connectivity index (χ2v) is 11.2. The predicted octanol–water partition coefficient (Wildman–Crippen LogP) is 10.7. The predicted molar refractivity (Wildman–Crippen MR) is 184 cm³/mol. The number of para-hydroxylation sites is 1. The summed E-state index contributed by atoms with van der Waals surface area (Å²) in [5, 5.41) is 6.58. The van der Waals surface area contributed by atoms with Crippen LogP contribution in [0.25, 0.3) is 88.8 Å². The molecule has 0 radical (unpaired) electrons. The van der Waals surface area contributed by atoms with E-state index in [1.807, 2.05) is 36.4 Å². The zero-order chi connectivity index (χ0) is 29.7. The molecule has 4 nitrogen and oxygen atoms in total. The van der Waals surface area contributed by atoms with Crippen molar-refractivity contribution in [2.75, 3.05) is 0 Å². The van der Waals surface area contributed by atoms with Crippen molar-refractivity contribution < 1.29 is 4.42 Å². The van der Waals surface area contributed by atoms with Gasteiger partial charge in [-0.25, -0.2) is 15.0 Å². The molecule has 7 aromatic carbocycles. The van der Waals surface area contributed by atoms with Crippen molar-refractivity contribution in [1.82, 2.24) is 15.0 Å². The van der Waals surface area contributed by atoms with Crippen LogP contribution in [0.15, 0.2) is 156 Å². The lowest BCUT2D eigenvalue weighted by Crippen LogP contribution is -2.01. The SMILES string of the molecule is c1ccc(-c2cc(-c3nc(-c4cccc5ccccc45)nc(-c4cccc5oc6ccccc6c45)n3)cc3ccccc23)cc1. The van der Waals surface area contributed by atoms with Crippen LogP contribution < -0.4 is 0 Å². The minimum atomic E-state index is 0.606. The van der Waals surface area contributed by atoms with Crippen molar-refractivity contribution in [3.8, 4) is 45.3 Å². The van der Waals surface area contributed by atoms with Gasteiger partial charge in [0.25, 0.3) is 0 Å². The highest BCUT2D eigenvalue weighted by atomic mass is 16.3. The first-order valence-electron chi connectivity index (χ1n) is 15.0. The maximum Gasteiger partial charge on any atom is 0.164 e. The van der Waals surface area contributed by atoms with Gasteiger partial charge in [-0.2, -0.15) is 0 Å². The van der Waals surface area contributed by atoms with Crippen LogP contribution in [0, 0.1) is 0 Å². The molecule has 9 rings (SSSR count). The fourth-order valence-corrected chi connectivity index (χ4v) is 6.42. The molecule has 0 aliphatic carbocycles. The number of hydrogen-bond donors (Lipinski definition) is 0. The van der Waals surface area contributed by atoms with Gasteiger partial charge in [-0.15, -0.1) is 0 Å².